The molecule has 218 valence electrons. The van der Waals surface area contributed by atoms with Gasteiger partial charge in [-0.3, -0.25) is 0 Å². The molecule has 4 nitrogen and oxygen atoms in total. The Hall–Kier alpha value is -6.10. The number of fused-ring (bicyclic) bond motifs is 6. The molecule has 6 aromatic carbocycles. The Morgan fingerprint density at radius 1 is 0.587 bits per heavy atom. The molecule has 0 amide bonds. The zero-order valence-corrected chi connectivity index (χ0v) is 25.9. The van der Waals surface area contributed by atoms with E-state index in [9.17, 15) is 5.26 Å². The number of benzene rings is 6. The Labute approximate surface area is 267 Å². The van der Waals surface area contributed by atoms with Crippen molar-refractivity contribution in [3.05, 3.63) is 150 Å². The van der Waals surface area contributed by atoms with Crippen molar-refractivity contribution >= 4 is 49.3 Å². The number of nitriles is 1. The Bertz CT molecular complexity index is 2580. The summed E-state index contributed by atoms with van der Waals surface area (Å²) >= 11 is 0. The van der Waals surface area contributed by atoms with E-state index in [2.05, 4.69) is 150 Å². The highest BCUT2D eigenvalue weighted by Gasteiger charge is 2.25. The molecule has 2 aromatic heterocycles. The summed E-state index contributed by atoms with van der Waals surface area (Å²) < 4.78 is 4.57. The summed E-state index contributed by atoms with van der Waals surface area (Å²) in [5.74, 6) is 0. The molecular formula is C42H30N4. The lowest BCUT2D eigenvalue weighted by Crippen LogP contribution is -2.16. The molecule has 4 heteroatoms. The second kappa shape index (κ2) is 10.2. The van der Waals surface area contributed by atoms with E-state index in [4.69, 9.17) is 6.57 Å². The fourth-order valence-electron chi connectivity index (χ4n) is 6.98. The zero-order chi connectivity index (χ0) is 31.6. The van der Waals surface area contributed by atoms with Crippen molar-refractivity contribution < 1.29 is 0 Å². The first kappa shape index (κ1) is 27.4. The third-order valence-corrected chi connectivity index (χ3v) is 9.07. The average Bonchev–Trinajstić information content (AvgIpc) is 3.59. The maximum atomic E-state index is 10.3. The van der Waals surface area contributed by atoms with Gasteiger partial charge in [-0.25, -0.2) is 4.85 Å². The molecule has 0 aliphatic heterocycles. The SMILES string of the molecule is [C-]#[N+]c1cc(C#N)c(-n2c3ccccc3c3cc(-c4ccc5c6ccccc6n(-c6ccccc6)c5c4)ccc32)c(C(C)(C)C)c1. The minimum absolute atomic E-state index is 0.286. The molecule has 0 aliphatic carbocycles. The number of hydrogen-bond donors (Lipinski definition) is 0. The van der Waals surface area contributed by atoms with Crippen LogP contribution in [-0.4, -0.2) is 9.13 Å². The molecule has 8 rings (SSSR count). The fourth-order valence-corrected chi connectivity index (χ4v) is 6.98. The molecule has 0 aliphatic rings. The topological polar surface area (TPSA) is 38.0 Å². The molecule has 0 N–H and O–H groups in total. The maximum Gasteiger partial charge on any atom is 0.188 e. The van der Waals surface area contributed by atoms with Crippen molar-refractivity contribution in [2.24, 2.45) is 0 Å². The molecule has 0 unspecified atom stereocenters. The minimum Gasteiger partial charge on any atom is -0.309 e. The first-order valence-electron chi connectivity index (χ1n) is 15.5. The van der Waals surface area contributed by atoms with Gasteiger partial charge in [0.2, 0.25) is 0 Å². The summed E-state index contributed by atoms with van der Waals surface area (Å²) in [6.07, 6.45) is 0. The van der Waals surface area contributed by atoms with Crippen LogP contribution in [0.2, 0.25) is 0 Å². The van der Waals surface area contributed by atoms with E-state index in [0.717, 1.165) is 49.9 Å². The monoisotopic (exact) mass is 590 g/mol. The molecule has 0 saturated heterocycles. The summed E-state index contributed by atoms with van der Waals surface area (Å²) in [6, 6.07) is 47.0. The second-order valence-corrected chi connectivity index (χ2v) is 12.9. The van der Waals surface area contributed by atoms with Gasteiger partial charge < -0.3 is 9.13 Å². The summed E-state index contributed by atoms with van der Waals surface area (Å²) in [6.45, 7) is 14.1. The van der Waals surface area contributed by atoms with Crippen LogP contribution >= 0.6 is 0 Å². The quantitative estimate of drug-likeness (QED) is 0.189. The Morgan fingerprint density at radius 2 is 1.17 bits per heavy atom. The van der Waals surface area contributed by atoms with Gasteiger partial charge in [-0.15, -0.1) is 0 Å². The normalized spacial score (nSPS) is 11.8. The highest BCUT2D eigenvalue weighted by atomic mass is 15.0. The molecule has 0 bridgehead atoms. The first-order valence-corrected chi connectivity index (χ1v) is 15.5. The van der Waals surface area contributed by atoms with Crippen molar-refractivity contribution in [3.63, 3.8) is 0 Å². The van der Waals surface area contributed by atoms with Gasteiger partial charge in [0.1, 0.15) is 0 Å². The van der Waals surface area contributed by atoms with Crippen molar-refractivity contribution in [3.8, 4) is 28.6 Å². The van der Waals surface area contributed by atoms with Crippen molar-refractivity contribution in [2.45, 2.75) is 26.2 Å². The predicted octanol–water partition coefficient (Wildman–Crippen LogP) is 11.3. The third kappa shape index (κ3) is 4.12. The van der Waals surface area contributed by atoms with Crippen LogP contribution in [-0.2, 0) is 5.41 Å². The molecule has 8 aromatic rings. The summed E-state index contributed by atoms with van der Waals surface area (Å²) in [5.41, 5.74) is 10.3. The first-order chi connectivity index (χ1) is 22.4. The van der Waals surface area contributed by atoms with Crippen molar-refractivity contribution in [2.75, 3.05) is 0 Å². The standard InChI is InChI=1S/C42H30N4/c1-42(2,3)36-25-30(44-4)22-29(26-43)41(36)46-38-17-11-9-15-33(38)35-23-27(19-21-39(35)46)28-18-20-34-32-14-8-10-16-37(32)45(40(34)24-28)31-12-6-5-7-13-31/h5-25H,1-3H3. The smallest absolute Gasteiger partial charge is 0.188 e. The number of aromatic nitrogens is 2. The van der Waals surface area contributed by atoms with Crippen LogP contribution in [0.3, 0.4) is 0 Å². The molecular weight excluding hydrogens is 560 g/mol. The largest absolute Gasteiger partial charge is 0.309 e. The van der Waals surface area contributed by atoms with Crippen LogP contribution in [0.5, 0.6) is 0 Å². The highest BCUT2D eigenvalue weighted by molar-refractivity contribution is 6.12. The van der Waals surface area contributed by atoms with Crippen LogP contribution in [0.25, 0.3) is 71.0 Å². The van der Waals surface area contributed by atoms with Gasteiger partial charge in [-0.2, -0.15) is 5.26 Å². The van der Waals surface area contributed by atoms with Gasteiger partial charge in [-0.05, 0) is 70.6 Å². The van der Waals surface area contributed by atoms with Gasteiger partial charge in [-0.1, -0.05) is 99.6 Å². The van der Waals surface area contributed by atoms with E-state index in [1.165, 1.54) is 21.8 Å². The zero-order valence-electron chi connectivity index (χ0n) is 25.9. The molecule has 46 heavy (non-hydrogen) atoms. The van der Waals surface area contributed by atoms with Gasteiger partial charge in [0.25, 0.3) is 0 Å². The number of rotatable bonds is 3. The predicted molar refractivity (Wildman–Crippen MR) is 190 cm³/mol. The van der Waals surface area contributed by atoms with Crippen LogP contribution < -0.4 is 0 Å². The van der Waals surface area contributed by atoms with Crippen LogP contribution in [0.4, 0.5) is 5.69 Å². The van der Waals surface area contributed by atoms with Crippen molar-refractivity contribution in [1.29, 1.82) is 5.26 Å². The van der Waals surface area contributed by atoms with Gasteiger partial charge in [0.15, 0.2) is 5.69 Å². The van der Waals surface area contributed by atoms with Crippen LogP contribution in [0, 0.1) is 17.9 Å². The third-order valence-electron chi connectivity index (χ3n) is 9.07. The van der Waals surface area contributed by atoms with Gasteiger partial charge >= 0.3 is 0 Å². The Balaban J connectivity index is 1.39. The van der Waals surface area contributed by atoms with Gasteiger partial charge in [0.05, 0.1) is 46.0 Å². The number of hydrogen-bond acceptors (Lipinski definition) is 1. The number of para-hydroxylation sites is 3. The summed E-state index contributed by atoms with van der Waals surface area (Å²) in [7, 11) is 0. The fraction of sp³-hybridized carbons (Fsp3) is 0.0952. The average molecular weight is 591 g/mol. The lowest BCUT2D eigenvalue weighted by molar-refractivity contribution is 0.587. The molecule has 0 saturated carbocycles. The van der Waals surface area contributed by atoms with Crippen LogP contribution in [0.1, 0.15) is 31.9 Å². The highest BCUT2D eigenvalue weighted by Crippen LogP contribution is 2.42. The number of nitrogens with zero attached hydrogens (tertiary/aromatic N) is 4. The van der Waals surface area contributed by atoms with E-state index >= 15 is 0 Å². The molecule has 2 heterocycles. The van der Waals surface area contributed by atoms with E-state index < -0.39 is 0 Å². The second-order valence-electron chi connectivity index (χ2n) is 12.9. The van der Waals surface area contributed by atoms with E-state index in [1.807, 2.05) is 12.1 Å². The summed E-state index contributed by atoms with van der Waals surface area (Å²) in [5, 5.41) is 15.0. The minimum atomic E-state index is -0.286. The van der Waals surface area contributed by atoms with Gasteiger partial charge in [0, 0.05) is 27.2 Å². The summed E-state index contributed by atoms with van der Waals surface area (Å²) in [4.78, 5) is 3.69. The maximum absolute atomic E-state index is 10.3. The molecule has 0 radical (unpaired) electrons. The Kier molecular flexibility index (Phi) is 6.11. The van der Waals surface area contributed by atoms with Crippen LogP contribution in [0.15, 0.2) is 127 Å². The molecule has 0 fully saturated rings. The van der Waals surface area contributed by atoms with E-state index in [-0.39, 0.29) is 5.41 Å². The Morgan fingerprint density at radius 3 is 1.87 bits per heavy atom. The van der Waals surface area contributed by atoms with E-state index in [0.29, 0.717) is 11.3 Å². The molecule has 0 atom stereocenters. The molecule has 0 spiro atoms. The van der Waals surface area contributed by atoms with E-state index in [1.54, 1.807) is 6.07 Å². The lowest BCUT2D eigenvalue weighted by atomic mass is 9.84. The van der Waals surface area contributed by atoms with Crippen molar-refractivity contribution in [1.82, 2.24) is 9.13 Å². The lowest BCUT2D eigenvalue weighted by Gasteiger charge is -2.26.